The Hall–Kier alpha value is -2.54. The Morgan fingerprint density at radius 1 is 1.19 bits per heavy atom. The average molecular weight is 285 g/mol. The lowest BCUT2D eigenvalue weighted by Crippen LogP contribution is -2.35. The van der Waals surface area contributed by atoms with Crippen LogP contribution >= 0.6 is 0 Å². The highest BCUT2D eigenvalue weighted by Crippen LogP contribution is 2.30. The van der Waals surface area contributed by atoms with Crippen molar-refractivity contribution in [1.29, 1.82) is 5.26 Å². The number of benzene rings is 2. The molecule has 4 heteroatoms. The third-order valence-corrected chi connectivity index (χ3v) is 3.52. The molecule has 0 spiro atoms. The van der Waals surface area contributed by atoms with Gasteiger partial charge in [0.25, 0.3) is 0 Å². The number of nitriles is 1. The number of halogens is 2. The van der Waals surface area contributed by atoms with Gasteiger partial charge in [-0.2, -0.15) is 5.26 Å². The Balaban J connectivity index is 2.55. The smallest absolute Gasteiger partial charge is 0.154 e. The summed E-state index contributed by atoms with van der Waals surface area (Å²) in [5.41, 5.74) is -1.03. The molecule has 0 saturated carbocycles. The number of ketones is 1. The fourth-order valence-corrected chi connectivity index (χ4v) is 2.30. The van der Waals surface area contributed by atoms with Crippen molar-refractivity contribution in [3.8, 4) is 6.07 Å². The van der Waals surface area contributed by atoms with Gasteiger partial charge >= 0.3 is 0 Å². The topological polar surface area (TPSA) is 40.9 Å². The first-order chi connectivity index (χ1) is 9.99. The van der Waals surface area contributed by atoms with Gasteiger partial charge in [-0.25, -0.2) is 8.78 Å². The summed E-state index contributed by atoms with van der Waals surface area (Å²) in [6, 6.07) is 13.5. The van der Waals surface area contributed by atoms with Crippen LogP contribution in [0.2, 0.25) is 0 Å². The molecule has 2 rings (SSSR count). The van der Waals surface area contributed by atoms with Gasteiger partial charge in [0.05, 0.1) is 6.07 Å². The van der Waals surface area contributed by atoms with Crippen LogP contribution in [0, 0.1) is 23.0 Å². The van der Waals surface area contributed by atoms with E-state index in [1.165, 1.54) is 6.92 Å². The van der Waals surface area contributed by atoms with Crippen LogP contribution in [-0.4, -0.2) is 5.78 Å². The maximum absolute atomic E-state index is 13.8. The van der Waals surface area contributed by atoms with Crippen LogP contribution in [0.15, 0.2) is 48.5 Å². The number of hydrogen-bond donors (Lipinski definition) is 0. The van der Waals surface area contributed by atoms with Gasteiger partial charge in [-0.05, 0) is 36.2 Å². The number of rotatable bonds is 4. The monoisotopic (exact) mass is 285 g/mol. The van der Waals surface area contributed by atoms with Crippen LogP contribution in [0.5, 0.6) is 0 Å². The molecule has 2 aromatic carbocycles. The molecule has 0 saturated heterocycles. The maximum Gasteiger partial charge on any atom is 0.154 e. The van der Waals surface area contributed by atoms with Gasteiger partial charge in [0.1, 0.15) is 17.0 Å². The van der Waals surface area contributed by atoms with Crippen LogP contribution < -0.4 is 0 Å². The molecule has 1 unspecified atom stereocenters. The third kappa shape index (κ3) is 2.82. The van der Waals surface area contributed by atoms with E-state index >= 15 is 0 Å². The molecular weight excluding hydrogens is 272 g/mol. The van der Waals surface area contributed by atoms with Crippen molar-refractivity contribution in [2.24, 2.45) is 0 Å². The molecule has 2 aromatic rings. The quantitative estimate of drug-likeness (QED) is 0.861. The first-order valence-electron chi connectivity index (χ1n) is 6.41. The van der Waals surface area contributed by atoms with E-state index in [0.717, 1.165) is 18.2 Å². The van der Waals surface area contributed by atoms with Gasteiger partial charge in [0, 0.05) is 6.42 Å². The summed E-state index contributed by atoms with van der Waals surface area (Å²) in [6.45, 7) is 1.29. The number of carbonyl (C=O) groups is 1. The molecule has 0 aromatic heterocycles. The van der Waals surface area contributed by atoms with E-state index in [9.17, 15) is 18.8 Å². The zero-order valence-electron chi connectivity index (χ0n) is 11.4. The van der Waals surface area contributed by atoms with Crippen molar-refractivity contribution in [2.45, 2.75) is 18.8 Å². The predicted octanol–water partition coefficient (Wildman–Crippen LogP) is 3.56. The van der Waals surface area contributed by atoms with Crippen molar-refractivity contribution in [3.63, 3.8) is 0 Å². The highest BCUT2D eigenvalue weighted by atomic mass is 19.1. The molecule has 0 fully saturated rings. The summed E-state index contributed by atoms with van der Waals surface area (Å²) in [7, 11) is 0. The van der Waals surface area contributed by atoms with Gasteiger partial charge in [-0.3, -0.25) is 4.79 Å². The minimum Gasteiger partial charge on any atom is -0.298 e. The van der Waals surface area contributed by atoms with Gasteiger partial charge in [-0.1, -0.05) is 30.3 Å². The van der Waals surface area contributed by atoms with Crippen molar-refractivity contribution < 1.29 is 13.6 Å². The molecule has 0 N–H and O–H groups in total. The molecule has 2 nitrogen and oxygen atoms in total. The second-order valence-electron chi connectivity index (χ2n) is 4.85. The third-order valence-electron chi connectivity index (χ3n) is 3.52. The normalized spacial score (nSPS) is 13.2. The van der Waals surface area contributed by atoms with E-state index in [0.29, 0.717) is 5.56 Å². The maximum atomic E-state index is 13.8. The first kappa shape index (κ1) is 14.9. The van der Waals surface area contributed by atoms with Crippen molar-refractivity contribution in [3.05, 3.63) is 71.3 Å². The minimum atomic E-state index is -1.52. The Morgan fingerprint density at radius 3 is 2.43 bits per heavy atom. The molecule has 0 radical (unpaired) electrons. The molecular formula is C17H13F2NO. The molecule has 0 aliphatic carbocycles. The first-order valence-corrected chi connectivity index (χ1v) is 6.41. The number of Topliss-reactive ketones (excluding diaryl/α,β-unsaturated/α-hetero) is 1. The summed E-state index contributed by atoms with van der Waals surface area (Å²) < 4.78 is 27.1. The second-order valence-corrected chi connectivity index (χ2v) is 4.85. The molecule has 21 heavy (non-hydrogen) atoms. The van der Waals surface area contributed by atoms with Crippen LogP contribution in [0.4, 0.5) is 8.78 Å². The lowest BCUT2D eigenvalue weighted by molar-refractivity contribution is -0.120. The van der Waals surface area contributed by atoms with E-state index in [1.807, 2.05) is 6.07 Å². The summed E-state index contributed by atoms with van der Waals surface area (Å²) >= 11 is 0. The second kappa shape index (κ2) is 5.84. The molecule has 0 aliphatic heterocycles. The van der Waals surface area contributed by atoms with Crippen molar-refractivity contribution in [1.82, 2.24) is 0 Å². The molecule has 0 bridgehead atoms. The largest absolute Gasteiger partial charge is 0.298 e. The minimum absolute atomic E-state index is 0.00982. The highest BCUT2D eigenvalue weighted by Gasteiger charge is 2.38. The summed E-state index contributed by atoms with van der Waals surface area (Å²) in [5, 5.41) is 9.53. The number of carbonyl (C=O) groups excluding carboxylic acids is 1. The lowest BCUT2D eigenvalue weighted by atomic mass is 9.74. The van der Waals surface area contributed by atoms with Crippen LogP contribution in [0.25, 0.3) is 0 Å². The lowest BCUT2D eigenvalue weighted by Gasteiger charge is -2.24. The standard InChI is InChI=1S/C17H13F2NO/c1-12(21)17(11-20,14-5-3-2-4-6-14)10-13-9-15(18)7-8-16(13)19/h2-9H,10H2,1H3. The predicted molar refractivity (Wildman–Crippen MR) is 74.5 cm³/mol. The van der Waals surface area contributed by atoms with E-state index in [1.54, 1.807) is 30.3 Å². The highest BCUT2D eigenvalue weighted by molar-refractivity contribution is 5.91. The molecule has 1 atom stereocenters. The summed E-state index contributed by atoms with van der Waals surface area (Å²) in [4.78, 5) is 12.1. The number of nitrogens with zero attached hydrogens (tertiary/aromatic N) is 1. The van der Waals surface area contributed by atoms with Crippen molar-refractivity contribution >= 4 is 5.78 Å². The Bertz CT molecular complexity index is 706. The molecule has 106 valence electrons. The van der Waals surface area contributed by atoms with Gasteiger partial charge in [-0.15, -0.1) is 0 Å². The average Bonchev–Trinajstić information content (AvgIpc) is 2.49. The molecule has 0 heterocycles. The number of hydrogen-bond acceptors (Lipinski definition) is 2. The van der Waals surface area contributed by atoms with Crippen LogP contribution in [-0.2, 0) is 16.6 Å². The van der Waals surface area contributed by atoms with Crippen LogP contribution in [0.1, 0.15) is 18.1 Å². The van der Waals surface area contributed by atoms with Gasteiger partial charge in [0.15, 0.2) is 5.78 Å². The fourth-order valence-electron chi connectivity index (χ4n) is 2.30. The zero-order valence-corrected chi connectivity index (χ0v) is 11.4. The zero-order chi connectivity index (χ0) is 15.5. The van der Waals surface area contributed by atoms with Crippen LogP contribution in [0.3, 0.4) is 0 Å². The van der Waals surface area contributed by atoms with Gasteiger partial charge < -0.3 is 0 Å². The van der Waals surface area contributed by atoms with Crippen molar-refractivity contribution in [2.75, 3.05) is 0 Å². The fraction of sp³-hybridized carbons (Fsp3) is 0.176. The summed E-state index contributed by atoms with van der Waals surface area (Å²) in [6.07, 6.45) is -0.202. The van der Waals surface area contributed by atoms with E-state index in [2.05, 4.69) is 0 Å². The van der Waals surface area contributed by atoms with E-state index < -0.39 is 22.8 Å². The van der Waals surface area contributed by atoms with Gasteiger partial charge in [0.2, 0.25) is 0 Å². The Labute approximate surface area is 121 Å². The summed E-state index contributed by atoms with van der Waals surface area (Å²) in [5.74, 6) is -1.64. The SMILES string of the molecule is CC(=O)C(C#N)(Cc1cc(F)ccc1F)c1ccccc1. The van der Waals surface area contributed by atoms with E-state index in [-0.39, 0.29) is 12.0 Å². The molecule has 0 amide bonds. The Kier molecular flexibility index (Phi) is 4.13. The van der Waals surface area contributed by atoms with E-state index in [4.69, 9.17) is 0 Å². The Morgan fingerprint density at radius 2 is 1.86 bits per heavy atom. The molecule has 0 aliphatic rings.